The molecule has 1 aromatic heterocycles. The quantitative estimate of drug-likeness (QED) is 0.298. The molecule has 0 radical (unpaired) electrons. The highest BCUT2D eigenvalue weighted by atomic mass is 35.5. The van der Waals surface area contributed by atoms with Crippen molar-refractivity contribution in [1.82, 2.24) is 20.2 Å². The molecule has 2 heterocycles. The van der Waals surface area contributed by atoms with Crippen LogP contribution in [0.1, 0.15) is 6.92 Å². The average molecular weight is 532 g/mol. The first kappa shape index (κ1) is 26.0. The fourth-order valence-corrected chi connectivity index (χ4v) is 4.95. The Balaban J connectivity index is 1.63. The van der Waals surface area contributed by atoms with Crippen molar-refractivity contribution in [3.63, 3.8) is 0 Å². The molecule has 2 aromatic carbocycles. The number of carbonyl (C=O) groups is 1. The van der Waals surface area contributed by atoms with Crippen LogP contribution in [0, 0.1) is 0 Å². The zero-order valence-corrected chi connectivity index (χ0v) is 21.6. The number of benzene rings is 2. The van der Waals surface area contributed by atoms with Gasteiger partial charge in [0.15, 0.2) is 0 Å². The molecular weight excluding hydrogens is 505 g/mol. The summed E-state index contributed by atoms with van der Waals surface area (Å²) in [5.74, 6) is 1.26. The van der Waals surface area contributed by atoms with Crippen LogP contribution in [0.5, 0.6) is 11.5 Å². The van der Waals surface area contributed by atoms with E-state index in [1.807, 2.05) is 18.2 Å². The number of anilines is 1. The Bertz CT molecular complexity index is 1280. The van der Waals surface area contributed by atoms with E-state index >= 15 is 0 Å². The lowest BCUT2D eigenvalue weighted by Gasteiger charge is -2.22. The maximum absolute atomic E-state index is 11.9. The molecule has 1 aliphatic heterocycles. The van der Waals surface area contributed by atoms with Gasteiger partial charge in [-0.15, -0.1) is 0 Å². The normalized spacial score (nSPS) is 18.2. The summed E-state index contributed by atoms with van der Waals surface area (Å²) in [5, 5.41) is 17.8. The monoisotopic (exact) mass is 531 g/mol. The Labute approximate surface area is 219 Å². The fourth-order valence-electron chi connectivity index (χ4n) is 4.23. The molecule has 190 valence electrons. The molecule has 0 saturated carbocycles. The lowest BCUT2D eigenvalue weighted by Crippen LogP contribution is -2.47. The third-order valence-electron chi connectivity index (χ3n) is 6.13. The van der Waals surface area contributed by atoms with Crippen molar-refractivity contribution in [3.05, 3.63) is 53.2 Å². The molecule has 3 N–H and O–H groups in total. The van der Waals surface area contributed by atoms with E-state index in [0.29, 0.717) is 51.7 Å². The van der Waals surface area contributed by atoms with E-state index in [-0.39, 0.29) is 18.0 Å². The second kappa shape index (κ2) is 10.9. The molecule has 4 rings (SSSR count). The number of amides is 1. The van der Waals surface area contributed by atoms with E-state index in [4.69, 9.17) is 32.7 Å². The Morgan fingerprint density at radius 3 is 2.47 bits per heavy atom. The van der Waals surface area contributed by atoms with Gasteiger partial charge < -0.3 is 24.8 Å². The molecule has 1 aliphatic rings. The summed E-state index contributed by atoms with van der Waals surface area (Å²) < 4.78 is 10.8. The van der Waals surface area contributed by atoms with Crippen LogP contribution in [0.25, 0.3) is 22.0 Å². The van der Waals surface area contributed by atoms with Crippen molar-refractivity contribution in [1.29, 1.82) is 0 Å². The molecule has 3 unspecified atom stereocenters. The van der Waals surface area contributed by atoms with E-state index in [0.717, 1.165) is 10.9 Å². The van der Waals surface area contributed by atoms with Crippen LogP contribution in [0.15, 0.2) is 43.1 Å². The Kier molecular flexibility index (Phi) is 7.85. The molecule has 9 nitrogen and oxygen atoms in total. The molecule has 11 heteroatoms. The van der Waals surface area contributed by atoms with Crippen molar-refractivity contribution < 1.29 is 19.4 Å². The number of methoxy groups -OCH3 is 2. The lowest BCUT2D eigenvalue weighted by molar-refractivity contribution is -0.127. The van der Waals surface area contributed by atoms with Gasteiger partial charge in [0.25, 0.3) is 0 Å². The number of nitrogens with zero attached hydrogens (tertiary/aromatic N) is 3. The van der Waals surface area contributed by atoms with Crippen LogP contribution in [0.4, 0.5) is 5.95 Å². The molecule has 0 spiro atoms. The van der Waals surface area contributed by atoms with Crippen LogP contribution >= 0.6 is 23.2 Å². The van der Waals surface area contributed by atoms with Crippen LogP contribution in [-0.2, 0) is 4.79 Å². The number of likely N-dealkylation sites (tertiary alicyclic amines) is 1. The van der Waals surface area contributed by atoms with E-state index in [1.54, 1.807) is 17.2 Å². The van der Waals surface area contributed by atoms with E-state index in [9.17, 15) is 9.90 Å². The molecular formula is C25H27Cl2N5O4. The third kappa shape index (κ3) is 5.19. The van der Waals surface area contributed by atoms with Gasteiger partial charge in [-0.25, -0.2) is 9.97 Å². The largest absolute Gasteiger partial charge is 0.495 e. The third-order valence-corrected chi connectivity index (χ3v) is 6.88. The first-order valence-corrected chi connectivity index (χ1v) is 12.0. The number of hydrogen-bond donors (Lipinski definition) is 3. The molecule has 3 aromatic rings. The molecule has 0 aliphatic carbocycles. The number of aliphatic hydroxyl groups is 1. The smallest absolute Gasteiger partial charge is 0.223 e. The summed E-state index contributed by atoms with van der Waals surface area (Å²) in [5.41, 5.74) is 2.05. The highest BCUT2D eigenvalue weighted by Crippen LogP contribution is 2.46. The summed E-state index contributed by atoms with van der Waals surface area (Å²) in [6.45, 7) is 6.00. The molecule has 1 amide bonds. The number of fused-ring (bicyclic) bond motifs is 1. The maximum Gasteiger partial charge on any atom is 0.223 e. The predicted octanol–water partition coefficient (Wildman–Crippen LogP) is 3.73. The van der Waals surface area contributed by atoms with Crippen molar-refractivity contribution >= 4 is 46.0 Å². The van der Waals surface area contributed by atoms with Gasteiger partial charge in [-0.05, 0) is 23.8 Å². The Morgan fingerprint density at radius 1 is 1.19 bits per heavy atom. The number of rotatable bonds is 8. The van der Waals surface area contributed by atoms with Gasteiger partial charge in [-0.2, -0.15) is 0 Å². The second-order valence-electron chi connectivity index (χ2n) is 8.38. The van der Waals surface area contributed by atoms with Gasteiger partial charge in [0, 0.05) is 49.3 Å². The molecule has 3 atom stereocenters. The number of halogens is 2. The standard InChI is InChI=1S/C25H27Cl2N5O4/c1-5-21(34)29-17-11-32(13(2)33)12-18(17)31-25-28-10-15-8-14(6-7-16(15)30-25)22-23(26)19(35-3)9-20(36-4)24(22)27/h5-10,17-18,21,29,34H,1,11-12H2,2-4H3,(H,28,30,31). The van der Waals surface area contributed by atoms with Crippen LogP contribution in [0.2, 0.25) is 10.0 Å². The fraction of sp³-hybridized carbons (Fsp3) is 0.320. The minimum absolute atomic E-state index is 0.0438. The number of hydrogen-bond acceptors (Lipinski definition) is 8. The number of aromatic nitrogens is 2. The van der Waals surface area contributed by atoms with Crippen LogP contribution in [-0.4, -0.2) is 71.5 Å². The molecule has 1 saturated heterocycles. The summed E-state index contributed by atoms with van der Waals surface area (Å²) in [7, 11) is 3.05. The van der Waals surface area contributed by atoms with Crippen LogP contribution < -0.4 is 20.1 Å². The van der Waals surface area contributed by atoms with Gasteiger partial charge >= 0.3 is 0 Å². The van der Waals surface area contributed by atoms with E-state index in [2.05, 4.69) is 27.2 Å². The van der Waals surface area contributed by atoms with Gasteiger partial charge in [-0.1, -0.05) is 35.8 Å². The van der Waals surface area contributed by atoms with E-state index in [1.165, 1.54) is 27.2 Å². The van der Waals surface area contributed by atoms with Crippen molar-refractivity contribution in [2.24, 2.45) is 0 Å². The zero-order chi connectivity index (χ0) is 26.0. The summed E-state index contributed by atoms with van der Waals surface area (Å²) in [6.07, 6.45) is 2.20. The summed E-state index contributed by atoms with van der Waals surface area (Å²) in [6, 6.07) is 6.83. The zero-order valence-electron chi connectivity index (χ0n) is 20.1. The Morgan fingerprint density at radius 2 is 1.86 bits per heavy atom. The Hall–Kier alpha value is -3.11. The average Bonchev–Trinajstić information content (AvgIpc) is 3.26. The van der Waals surface area contributed by atoms with Gasteiger partial charge in [0.2, 0.25) is 11.9 Å². The predicted molar refractivity (Wildman–Crippen MR) is 141 cm³/mol. The SMILES string of the molecule is C=CC(O)NC1CN(C(C)=O)CC1Nc1ncc2cc(-c3c(Cl)c(OC)cc(OC)c3Cl)ccc2n1. The minimum Gasteiger partial charge on any atom is -0.495 e. The number of carbonyl (C=O) groups excluding carboxylic acids is 1. The number of ether oxygens (including phenoxy) is 2. The van der Waals surface area contributed by atoms with Crippen molar-refractivity contribution in [3.8, 4) is 22.6 Å². The van der Waals surface area contributed by atoms with E-state index < -0.39 is 6.23 Å². The van der Waals surface area contributed by atoms with Gasteiger partial charge in [-0.3, -0.25) is 10.1 Å². The summed E-state index contributed by atoms with van der Waals surface area (Å²) >= 11 is 13.2. The topological polar surface area (TPSA) is 109 Å². The summed E-state index contributed by atoms with van der Waals surface area (Å²) in [4.78, 5) is 22.7. The first-order chi connectivity index (χ1) is 17.2. The number of aliphatic hydroxyl groups excluding tert-OH is 1. The molecule has 1 fully saturated rings. The maximum atomic E-state index is 11.9. The molecule has 0 bridgehead atoms. The van der Waals surface area contributed by atoms with Crippen LogP contribution in [0.3, 0.4) is 0 Å². The lowest BCUT2D eigenvalue weighted by atomic mass is 10.0. The highest BCUT2D eigenvalue weighted by Gasteiger charge is 2.35. The minimum atomic E-state index is -0.893. The second-order valence-corrected chi connectivity index (χ2v) is 9.14. The van der Waals surface area contributed by atoms with Gasteiger partial charge in [0.05, 0.1) is 35.8 Å². The van der Waals surface area contributed by atoms with Gasteiger partial charge in [0.1, 0.15) is 17.7 Å². The first-order valence-electron chi connectivity index (χ1n) is 11.2. The number of nitrogens with one attached hydrogen (secondary N) is 2. The highest BCUT2D eigenvalue weighted by molar-refractivity contribution is 6.41. The van der Waals surface area contributed by atoms with Crippen molar-refractivity contribution in [2.75, 3.05) is 32.6 Å². The molecule has 36 heavy (non-hydrogen) atoms. The van der Waals surface area contributed by atoms with Crippen molar-refractivity contribution in [2.45, 2.75) is 25.2 Å².